The molecule has 2 rings (SSSR count). The molecular formula is C22H26O3. The second kappa shape index (κ2) is 9.77. The predicted molar refractivity (Wildman–Crippen MR) is 101 cm³/mol. The van der Waals surface area contributed by atoms with Gasteiger partial charge in [0.1, 0.15) is 0 Å². The number of hydrogen-bond acceptors (Lipinski definition) is 3. The Morgan fingerprint density at radius 1 is 0.880 bits per heavy atom. The van der Waals surface area contributed by atoms with Crippen LogP contribution in [0.15, 0.2) is 48.5 Å². The summed E-state index contributed by atoms with van der Waals surface area (Å²) in [7, 11) is 0. The van der Waals surface area contributed by atoms with Crippen molar-refractivity contribution in [1.29, 1.82) is 0 Å². The van der Waals surface area contributed by atoms with Crippen LogP contribution in [0.5, 0.6) is 0 Å². The largest absolute Gasteiger partial charge is 0.462 e. The molecule has 0 N–H and O–H groups in total. The topological polar surface area (TPSA) is 43.4 Å². The summed E-state index contributed by atoms with van der Waals surface area (Å²) < 4.78 is 5.12. The van der Waals surface area contributed by atoms with E-state index in [1.807, 2.05) is 42.5 Å². The number of carbonyl (C=O) groups excluding carboxylic acids is 2. The molecule has 0 radical (unpaired) electrons. The molecule has 0 saturated carbocycles. The molecule has 0 saturated heterocycles. The number of esters is 1. The van der Waals surface area contributed by atoms with E-state index in [0.717, 1.165) is 29.5 Å². The lowest BCUT2D eigenvalue weighted by Crippen LogP contribution is -2.06. The van der Waals surface area contributed by atoms with E-state index >= 15 is 0 Å². The number of Topliss-reactive ketones (excluding diaryl/α,β-unsaturated/α-hetero) is 1. The van der Waals surface area contributed by atoms with E-state index in [4.69, 9.17) is 4.74 Å². The van der Waals surface area contributed by atoms with Gasteiger partial charge in [0.05, 0.1) is 12.2 Å². The zero-order valence-electron chi connectivity index (χ0n) is 15.1. The summed E-state index contributed by atoms with van der Waals surface area (Å²) in [6.07, 6.45) is 4.99. The molecule has 0 aliphatic carbocycles. The number of rotatable bonds is 9. The third-order valence-corrected chi connectivity index (χ3v) is 4.20. The van der Waals surface area contributed by atoms with Crippen molar-refractivity contribution in [2.24, 2.45) is 0 Å². The summed E-state index contributed by atoms with van der Waals surface area (Å²) >= 11 is 0. The van der Waals surface area contributed by atoms with Gasteiger partial charge in [-0.15, -0.1) is 0 Å². The van der Waals surface area contributed by atoms with Crippen LogP contribution in [0.2, 0.25) is 0 Å². The van der Waals surface area contributed by atoms with E-state index < -0.39 is 0 Å². The molecule has 0 spiro atoms. The van der Waals surface area contributed by atoms with Crippen LogP contribution in [0, 0.1) is 0 Å². The molecule has 0 fully saturated rings. The second-order valence-electron chi connectivity index (χ2n) is 6.08. The highest BCUT2D eigenvalue weighted by Crippen LogP contribution is 2.25. The van der Waals surface area contributed by atoms with Gasteiger partial charge in [-0.05, 0) is 30.5 Å². The summed E-state index contributed by atoms with van der Waals surface area (Å²) in [5, 5.41) is 0. The average molecular weight is 338 g/mol. The first-order chi connectivity index (χ1) is 12.2. The Labute approximate surface area is 150 Å². The number of hydrogen-bond donors (Lipinski definition) is 0. The molecule has 3 heteroatoms. The van der Waals surface area contributed by atoms with Crippen LogP contribution < -0.4 is 0 Å². The molecule has 3 nitrogen and oxygen atoms in total. The quantitative estimate of drug-likeness (QED) is 0.335. The van der Waals surface area contributed by atoms with Gasteiger partial charge >= 0.3 is 5.97 Å². The fourth-order valence-electron chi connectivity index (χ4n) is 2.81. The summed E-state index contributed by atoms with van der Waals surface area (Å²) in [5.41, 5.74) is 3.01. The van der Waals surface area contributed by atoms with Crippen LogP contribution in [0.1, 0.15) is 66.7 Å². The van der Waals surface area contributed by atoms with E-state index in [0.29, 0.717) is 18.6 Å². The Bertz CT molecular complexity index is 701. The molecule has 0 amide bonds. The molecule has 0 heterocycles. The Morgan fingerprint density at radius 3 is 2.28 bits per heavy atom. The van der Waals surface area contributed by atoms with Crippen molar-refractivity contribution in [2.75, 3.05) is 6.61 Å². The fraction of sp³-hybridized carbons (Fsp3) is 0.364. The first-order valence-electron chi connectivity index (χ1n) is 9.07. The van der Waals surface area contributed by atoms with Gasteiger partial charge in [0.15, 0.2) is 5.78 Å². The van der Waals surface area contributed by atoms with Crippen LogP contribution in [0.3, 0.4) is 0 Å². The Morgan fingerprint density at radius 2 is 1.60 bits per heavy atom. The zero-order valence-corrected chi connectivity index (χ0v) is 15.1. The molecule has 2 aromatic carbocycles. The highest BCUT2D eigenvalue weighted by Gasteiger charge is 2.13. The molecule has 0 unspecified atom stereocenters. The number of unbranched alkanes of at least 4 members (excludes halogenated alkanes) is 3. The molecule has 0 bridgehead atoms. The second-order valence-corrected chi connectivity index (χ2v) is 6.08. The van der Waals surface area contributed by atoms with Crippen molar-refractivity contribution in [3.8, 4) is 11.1 Å². The summed E-state index contributed by atoms with van der Waals surface area (Å²) in [4.78, 5) is 24.4. The minimum absolute atomic E-state index is 0.182. The van der Waals surface area contributed by atoms with Gasteiger partial charge in [-0.1, -0.05) is 68.7 Å². The monoisotopic (exact) mass is 338 g/mol. The number of carbonyl (C=O) groups is 2. The van der Waals surface area contributed by atoms with Gasteiger partial charge in [-0.3, -0.25) is 4.79 Å². The number of ketones is 1. The molecule has 0 aliphatic heterocycles. The Balaban J connectivity index is 2.12. The molecule has 0 aromatic heterocycles. The predicted octanol–water partition coefficient (Wildman–Crippen LogP) is 5.68. The SMILES string of the molecule is CCCCCCC(=O)c1ccc(-c2ccccc2C(=O)OCC)cc1. The lowest BCUT2D eigenvalue weighted by Gasteiger charge is -2.09. The molecule has 0 aliphatic rings. The van der Waals surface area contributed by atoms with E-state index in [2.05, 4.69) is 6.92 Å². The maximum absolute atomic E-state index is 12.2. The van der Waals surface area contributed by atoms with Crippen LogP contribution in [0.25, 0.3) is 11.1 Å². The number of ether oxygens (including phenoxy) is 1. The molecule has 0 atom stereocenters. The summed E-state index contributed by atoms with van der Waals surface area (Å²) in [6.45, 7) is 4.30. The van der Waals surface area contributed by atoms with Crippen LogP contribution in [-0.2, 0) is 4.74 Å². The van der Waals surface area contributed by atoms with Crippen molar-refractivity contribution < 1.29 is 14.3 Å². The van der Waals surface area contributed by atoms with Gasteiger partial charge in [0.2, 0.25) is 0 Å². The highest BCUT2D eigenvalue weighted by atomic mass is 16.5. The van der Waals surface area contributed by atoms with E-state index in [9.17, 15) is 9.59 Å². The van der Waals surface area contributed by atoms with Gasteiger partial charge < -0.3 is 4.74 Å². The third kappa shape index (κ3) is 5.28. The van der Waals surface area contributed by atoms with E-state index in [1.165, 1.54) is 12.8 Å². The average Bonchev–Trinajstić information content (AvgIpc) is 2.65. The molecule has 2 aromatic rings. The zero-order chi connectivity index (χ0) is 18.1. The Kier molecular flexibility index (Phi) is 7.39. The lowest BCUT2D eigenvalue weighted by atomic mass is 9.97. The minimum Gasteiger partial charge on any atom is -0.462 e. The molecular weight excluding hydrogens is 312 g/mol. The first kappa shape index (κ1) is 18.9. The van der Waals surface area contributed by atoms with Gasteiger partial charge in [-0.25, -0.2) is 4.79 Å². The normalized spacial score (nSPS) is 10.5. The lowest BCUT2D eigenvalue weighted by molar-refractivity contribution is 0.0527. The first-order valence-corrected chi connectivity index (χ1v) is 9.07. The van der Waals surface area contributed by atoms with E-state index in [-0.39, 0.29) is 11.8 Å². The minimum atomic E-state index is -0.325. The molecule has 132 valence electrons. The van der Waals surface area contributed by atoms with Crippen LogP contribution in [-0.4, -0.2) is 18.4 Å². The summed E-state index contributed by atoms with van der Waals surface area (Å²) in [5.74, 6) is -0.143. The molecule has 25 heavy (non-hydrogen) atoms. The van der Waals surface area contributed by atoms with E-state index in [1.54, 1.807) is 13.0 Å². The smallest absolute Gasteiger partial charge is 0.338 e. The van der Waals surface area contributed by atoms with Gasteiger partial charge in [0.25, 0.3) is 0 Å². The van der Waals surface area contributed by atoms with Crippen LogP contribution >= 0.6 is 0 Å². The Hall–Kier alpha value is -2.42. The third-order valence-electron chi connectivity index (χ3n) is 4.20. The van der Waals surface area contributed by atoms with Crippen molar-refractivity contribution in [1.82, 2.24) is 0 Å². The maximum atomic E-state index is 12.2. The highest BCUT2D eigenvalue weighted by molar-refractivity contribution is 5.99. The van der Waals surface area contributed by atoms with Crippen LogP contribution in [0.4, 0.5) is 0 Å². The van der Waals surface area contributed by atoms with Crippen molar-refractivity contribution in [3.63, 3.8) is 0 Å². The standard InChI is InChI=1S/C22H26O3/c1-3-5-6-7-12-21(23)18-15-13-17(14-16-18)19-10-8-9-11-20(19)22(24)25-4-2/h8-11,13-16H,3-7,12H2,1-2H3. The van der Waals surface area contributed by atoms with Crippen molar-refractivity contribution in [3.05, 3.63) is 59.7 Å². The maximum Gasteiger partial charge on any atom is 0.338 e. The fourth-order valence-corrected chi connectivity index (χ4v) is 2.81. The van der Waals surface area contributed by atoms with Gasteiger partial charge in [0, 0.05) is 12.0 Å². The number of benzene rings is 2. The van der Waals surface area contributed by atoms with Crippen molar-refractivity contribution >= 4 is 11.8 Å². The summed E-state index contributed by atoms with van der Waals surface area (Å²) in [6, 6.07) is 14.9. The van der Waals surface area contributed by atoms with Gasteiger partial charge in [-0.2, -0.15) is 0 Å². The van der Waals surface area contributed by atoms with Crippen molar-refractivity contribution in [2.45, 2.75) is 46.0 Å².